The van der Waals surface area contributed by atoms with Crippen LogP contribution in [0.5, 0.6) is 0 Å². The molecule has 0 spiro atoms. The fraction of sp³-hybridized carbons (Fsp3) is 1.00. The molecule has 1 aliphatic heterocycles. The Morgan fingerprint density at radius 2 is 1.79 bits per heavy atom. The Kier molecular flexibility index (Phi) is 5.67. The van der Waals surface area contributed by atoms with Gasteiger partial charge in [0.15, 0.2) is 0 Å². The Hall–Kier alpha value is -0.120. The smallest absolute Gasteiger partial charge is 0.0240 e. The monoisotopic (exact) mass is 267 g/mol. The largest absolute Gasteiger partial charge is 0.312 e. The first-order chi connectivity index (χ1) is 9.06. The molecule has 2 aliphatic rings. The Morgan fingerprint density at radius 1 is 1.16 bits per heavy atom. The molecule has 1 saturated carbocycles. The first-order valence-corrected chi connectivity index (χ1v) is 8.18. The minimum atomic E-state index is 0.695. The van der Waals surface area contributed by atoms with Crippen LogP contribution < -0.4 is 5.32 Å². The van der Waals surface area contributed by atoms with Crippen molar-refractivity contribution < 1.29 is 0 Å². The van der Waals surface area contributed by atoms with E-state index in [1.165, 1.54) is 51.9 Å². The topological polar surface area (TPSA) is 18.5 Å². The molecule has 3 heteroatoms. The molecule has 1 atom stereocenters. The maximum absolute atomic E-state index is 3.71. The molecule has 0 aromatic rings. The molecular formula is C16H33N3. The van der Waals surface area contributed by atoms with Gasteiger partial charge in [0.25, 0.3) is 0 Å². The van der Waals surface area contributed by atoms with E-state index in [1.807, 2.05) is 0 Å². The fourth-order valence-corrected chi connectivity index (χ4v) is 3.26. The van der Waals surface area contributed by atoms with Gasteiger partial charge < -0.3 is 15.1 Å². The summed E-state index contributed by atoms with van der Waals surface area (Å²) in [7, 11) is 4.58. The third-order valence-corrected chi connectivity index (χ3v) is 4.91. The summed E-state index contributed by atoms with van der Waals surface area (Å²) in [5.74, 6) is 1.64. The van der Waals surface area contributed by atoms with Crippen LogP contribution in [-0.2, 0) is 0 Å². The first-order valence-electron chi connectivity index (χ1n) is 8.18. The van der Waals surface area contributed by atoms with Crippen LogP contribution in [0.25, 0.3) is 0 Å². The number of likely N-dealkylation sites (N-methyl/N-ethyl adjacent to an activating group) is 1. The average molecular weight is 267 g/mol. The third-order valence-electron chi connectivity index (χ3n) is 4.91. The molecule has 2 rings (SSSR count). The van der Waals surface area contributed by atoms with Crippen molar-refractivity contribution in [2.45, 2.75) is 51.6 Å². The van der Waals surface area contributed by atoms with Crippen LogP contribution in [0.1, 0.15) is 39.5 Å². The van der Waals surface area contributed by atoms with Crippen molar-refractivity contribution in [2.75, 3.05) is 40.3 Å². The van der Waals surface area contributed by atoms with Crippen molar-refractivity contribution >= 4 is 0 Å². The SMILES string of the molecule is CC(C)C(CNC1CC1)N(C)CC1CCN(C)CC1. The number of hydrogen-bond acceptors (Lipinski definition) is 3. The molecule has 0 radical (unpaired) electrons. The summed E-state index contributed by atoms with van der Waals surface area (Å²) in [6, 6.07) is 1.53. The molecule has 1 N–H and O–H groups in total. The second kappa shape index (κ2) is 7.05. The zero-order valence-electron chi connectivity index (χ0n) is 13.4. The molecule has 1 aliphatic carbocycles. The van der Waals surface area contributed by atoms with E-state index in [0.717, 1.165) is 17.9 Å². The second-order valence-electron chi connectivity index (χ2n) is 7.18. The highest BCUT2D eigenvalue weighted by atomic mass is 15.2. The van der Waals surface area contributed by atoms with Gasteiger partial charge in [0.1, 0.15) is 0 Å². The van der Waals surface area contributed by atoms with E-state index < -0.39 is 0 Å². The number of nitrogens with one attached hydrogen (secondary N) is 1. The molecule has 0 aromatic carbocycles. The Balaban J connectivity index is 1.75. The highest BCUT2D eigenvalue weighted by molar-refractivity contribution is 4.85. The van der Waals surface area contributed by atoms with Crippen molar-refractivity contribution in [3.63, 3.8) is 0 Å². The third kappa shape index (κ3) is 5.05. The molecule has 19 heavy (non-hydrogen) atoms. The van der Waals surface area contributed by atoms with Gasteiger partial charge in [-0.25, -0.2) is 0 Å². The standard InChI is InChI=1S/C16H33N3/c1-13(2)16(11-17-15-5-6-15)19(4)12-14-7-9-18(3)10-8-14/h13-17H,5-12H2,1-4H3. The summed E-state index contributed by atoms with van der Waals surface area (Å²) >= 11 is 0. The zero-order chi connectivity index (χ0) is 13.8. The van der Waals surface area contributed by atoms with Crippen LogP contribution in [-0.4, -0.2) is 62.2 Å². The number of nitrogens with zero attached hydrogens (tertiary/aromatic N) is 2. The lowest BCUT2D eigenvalue weighted by molar-refractivity contribution is 0.127. The molecule has 1 heterocycles. The summed E-state index contributed by atoms with van der Waals surface area (Å²) in [6.45, 7) is 9.75. The van der Waals surface area contributed by atoms with Gasteiger partial charge in [-0.3, -0.25) is 0 Å². The Morgan fingerprint density at radius 3 is 2.32 bits per heavy atom. The first kappa shape index (κ1) is 15.3. The Labute approximate surface area is 119 Å². The van der Waals surface area contributed by atoms with Crippen LogP contribution in [0.3, 0.4) is 0 Å². The molecule has 112 valence electrons. The van der Waals surface area contributed by atoms with E-state index >= 15 is 0 Å². The predicted octanol–water partition coefficient (Wildman–Crippen LogP) is 2.04. The van der Waals surface area contributed by atoms with Crippen LogP contribution in [0, 0.1) is 11.8 Å². The van der Waals surface area contributed by atoms with Crippen LogP contribution >= 0.6 is 0 Å². The van der Waals surface area contributed by atoms with E-state index in [-0.39, 0.29) is 0 Å². The van der Waals surface area contributed by atoms with Gasteiger partial charge in [-0.1, -0.05) is 13.8 Å². The van der Waals surface area contributed by atoms with E-state index in [9.17, 15) is 0 Å². The summed E-state index contributed by atoms with van der Waals surface area (Å²) < 4.78 is 0. The maximum Gasteiger partial charge on any atom is 0.0240 e. The summed E-state index contributed by atoms with van der Waals surface area (Å²) in [6.07, 6.45) is 5.54. The lowest BCUT2D eigenvalue weighted by Gasteiger charge is -2.37. The second-order valence-corrected chi connectivity index (χ2v) is 7.18. The van der Waals surface area contributed by atoms with Gasteiger partial charge in [-0.2, -0.15) is 0 Å². The maximum atomic E-state index is 3.71. The van der Waals surface area contributed by atoms with Crippen LogP contribution in [0.4, 0.5) is 0 Å². The molecule has 1 saturated heterocycles. The van der Waals surface area contributed by atoms with E-state index in [1.54, 1.807) is 0 Å². The van der Waals surface area contributed by atoms with Crippen molar-refractivity contribution in [1.82, 2.24) is 15.1 Å². The molecule has 1 unspecified atom stereocenters. The van der Waals surface area contributed by atoms with E-state index in [4.69, 9.17) is 0 Å². The number of piperidine rings is 1. The van der Waals surface area contributed by atoms with Gasteiger partial charge in [0.2, 0.25) is 0 Å². The molecule has 0 amide bonds. The van der Waals surface area contributed by atoms with Gasteiger partial charge >= 0.3 is 0 Å². The summed E-state index contributed by atoms with van der Waals surface area (Å²) in [5.41, 5.74) is 0. The Bertz CT molecular complexity index is 255. The van der Waals surface area contributed by atoms with Crippen molar-refractivity contribution in [3.05, 3.63) is 0 Å². The summed E-state index contributed by atoms with van der Waals surface area (Å²) in [4.78, 5) is 5.08. The molecule has 0 aromatic heterocycles. The van der Waals surface area contributed by atoms with Crippen molar-refractivity contribution in [2.24, 2.45) is 11.8 Å². The quantitative estimate of drug-likeness (QED) is 0.761. The lowest BCUT2D eigenvalue weighted by Crippen LogP contribution is -2.47. The number of rotatable bonds is 7. The van der Waals surface area contributed by atoms with Crippen LogP contribution in [0.15, 0.2) is 0 Å². The zero-order valence-corrected chi connectivity index (χ0v) is 13.4. The summed E-state index contributed by atoms with van der Waals surface area (Å²) in [5, 5.41) is 3.71. The number of likely N-dealkylation sites (tertiary alicyclic amines) is 1. The molecule has 2 fully saturated rings. The van der Waals surface area contributed by atoms with Gasteiger partial charge in [0.05, 0.1) is 0 Å². The van der Waals surface area contributed by atoms with Gasteiger partial charge in [0, 0.05) is 25.2 Å². The van der Waals surface area contributed by atoms with Crippen molar-refractivity contribution in [1.29, 1.82) is 0 Å². The van der Waals surface area contributed by atoms with Crippen LogP contribution in [0.2, 0.25) is 0 Å². The van der Waals surface area contributed by atoms with E-state index in [0.29, 0.717) is 6.04 Å². The van der Waals surface area contributed by atoms with Gasteiger partial charge in [-0.15, -0.1) is 0 Å². The normalized spacial score (nSPS) is 24.3. The van der Waals surface area contributed by atoms with Crippen molar-refractivity contribution in [3.8, 4) is 0 Å². The molecule has 0 bridgehead atoms. The lowest BCUT2D eigenvalue weighted by atomic mass is 9.94. The molecule has 3 nitrogen and oxygen atoms in total. The minimum absolute atomic E-state index is 0.695. The minimum Gasteiger partial charge on any atom is -0.312 e. The highest BCUT2D eigenvalue weighted by Crippen LogP contribution is 2.21. The highest BCUT2D eigenvalue weighted by Gasteiger charge is 2.26. The predicted molar refractivity (Wildman–Crippen MR) is 82.5 cm³/mol. The molecular weight excluding hydrogens is 234 g/mol. The fourth-order valence-electron chi connectivity index (χ4n) is 3.26. The van der Waals surface area contributed by atoms with E-state index in [2.05, 4.69) is 43.1 Å². The number of hydrogen-bond donors (Lipinski definition) is 1. The van der Waals surface area contributed by atoms with Gasteiger partial charge in [-0.05, 0) is 64.7 Å². The average Bonchev–Trinajstić information content (AvgIpc) is 3.16.